The maximum absolute atomic E-state index is 10.9. The first-order valence-electron chi connectivity index (χ1n) is 3.57. The number of ketones is 1. The molecule has 9 heavy (non-hydrogen) atoms. The Morgan fingerprint density at radius 1 is 1.56 bits per heavy atom. The van der Waals surface area contributed by atoms with Crippen molar-refractivity contribution in [2.24, 2.45) is 11.7 Å². The van der Waals surface area contributed by atoms with Crippen molar-refractivity contribution in [3.63, 3.8) is 0 Å². The van der Waals surface area contributed by atoms with Crippen LogP contribution in [0.4, 0.5) is 0 Å². The number of rotatable bonds is 4. The summed E-state index contributed by atoms with van der Waals surface area (Å²) in [6.07, 6.45) is 3.84. The van der Waals surface area contributed by atoms with Crippen molar-refractivity contribution in [3.8, 4) is 0 Å². The molecule has 0 amide bonds. The molecule has 0 aromatic carbocycles. The molecule has 1 rings (SSSR count). The first-order chi connectivity index (χ1) is 4.34. The van der Waals surface area contributed by atoms with E-state index < -0.39 is 0 Å². The quantitative estimate of drug-likeness (QED) is 0.604. The Hall–Kier alpha value is -0.370. The van der Waals surface area contributed by atoms with Gasteiger partial charge in [0.2, 0.25) is 0 Å². The average molecular weight is 127 g/mol. The van der Waals surface area contributed by atoms with E-state index in [9.17, 15) is 4.79 Å². The lowest BCUT2D eigenvalue weighted by Crippen LogP contribution is -2.05. The Kier molecular flexibility index (Phi) is 2.22. The van der Waals surface area contributed by atoms with Crippen LogP contribution < -0.4 is 5.73 Å². The normalized spacial score (nSPS) is 17.9. The van der Waals surface area contributed by atoms with Gasteiger partial charge in [0.25, 0.3) is 0 Å². The molecule has 0 aliphatic heterocycles. The average Bonchev–Trinajstić information content (AvgIpc) is 2.63. The van der Waals surface area contributed by atoms with Crippen LogP contribution in [0, 0.1) is 5.92 Å². The lowest BCUT2D eigenvalue weighted by molar-refractivity contribution is -0.120. The smallest absolute Gasteiger partial charge is 0.136 e. The molecule has 1 aliphatic carbocycles. The molecule has 0 saturated heterocycles. The molecule has 2 heteroatoms. The predicted octanol–water partition coefficient (Wildman–Crippen LogP) is 0.704. The van der Waals surface area contributed by atoms with Crippen molar-refractivity contribution in [3.05, 3.63) is 0 Å². The third-order valence-corrected chi connectivity index (χ3v) is 1.66. The molecule has 1 aliphatic rings. The topological polar surface area (TPSA) is 43.1 Å². The molecule has 1 saturated carbocycles. The molecule has 52 valence electrons. The first kappa shape index (κ1) is 6.75. The summed E-state index contributed by atoms with van der Waals surface area (Å²) in [5.41, 5.74) is 5.25. The zero-order valence-electron chi connectivity index (χ0n) is 5.60. The Morgan fingerprint density at radius 2 is 2.22 bits per heavy atom. The van der Waals surface area contributed by atoms with Gasteiger partial charge < -0.3 is 5.73 Å². The summed E-state index contributed by atoms with van der Waals surface area (Å²) in [6.45, 7) is 0.651. The molecular weight excluding hydrogens is 114 g/mol. The Bertz CT molecular complexity index is 107. The SMILES string of the molecule is NCCCC(=O)C1CC1. The van der Waals surface area contributed by atoms with E-state index in [0.29, 0.717) is 24.7 Å². The largest absolute Gasteiger partial charge is 0.330 e. The van der Waals surface area contributed by atoms with Crippen molar-refractivity contribution in [1.82, 2.24) is 0 Å². The minimum Gasteiger partial charge on any atom is -0.330 e. The van der Waals surface area contributed by atoms with E-state index in [2.05, 4.69) is 0 Å². The highest BCUT2D eigenvalue weighted by atomic mass is 16.1. The minimum absolute atomic E-state index is 0.427. The van der Waals surface area contributed by atoms with Crippen LogP contribution in [0.5, 0.6) is 0 Å². The monoisotopic (exact) mass is 127 g/mol. The summed E-state index contributed by atoms with van der Waals surface area (Å²) in [4.78, 5) is 10.9. The zero-order chi connectivity index (χ0) is 6.69. The van der Waals surface area contributed by atoms with Crippen molar-refractivity contribution < 1.29 is 4.79 Å². The van der Waals surface area contributed by atoms with E-state index in [-0.39, 0.29) is 0 Å². The molecule has 1 fully saturated rings. The van der Waals surface area contributed by atoms with Gasteiger partial charge in [0.15, 0.2) is 0 Å². The van der Waals surface area contributed by atoms with Crippen molar-refractivity contribution in [2.45, 2.75) is 25.7 Å². The van der Waals surface area contributed by atoms with Crippen LogP contribution in [0.1, 0.15) is 25.7 Å². The van der Waals surface area contributed by atoms with E-state index in [1.165, 1.54) is 0 Å². The Balaban J connectivity index is 2.03. The van der Waals surface area contributed by atoms with E-state index in [4.69, 9.17) is 5.73 Å². The van der Waals surface area contributed by atoms with Gasteiger partial charge in [-0.25, -0.2) is 0 Å². The van der Waals surface area contributed by atoms with Crippen LogP contribution >= 0.6 is 0 Å². The molecule has 0 aromatic heterocycles. The number of carbonyl (C=O) groups is 1. The molecule has 0 heterocycles. The molecule has 2 N–H and O–H groups in total. The van der Waals surface area contributed by atoms with Gasteiger partial charge in [-0.1, -0.05) is 0 Å². The second kappa shape index (κ2) is 2.97. The van der Waals surface area contributed by atoms with Gasteiger partial charge in [0, 0.05) is 12.3 Å². The lowest BCUT2D eigenvalue weighted by atomic mass is 10.1. The van der Waals surface area contributed by atoms with Gasteiger partial charge in [0.1, 0.15) is 5.78 Å². The third kappa shape index (κ3) is 2.14. The molecule has 0 unspecified atom stereocenters. The standard InChI is InChI=1S/C7H13NO/c8-5-1-2-7(9)6-3-4-6/h6H,1-5,8H2. The van der Waals surface area contributed by atoms with E-state index in [1.54, 1.807) is 0 Å². The van der Waals surface area contributed by atoms with Gasteiger partial charge in [-0.2, -0.15) is 0 Å². The second-order valence-electron chi connectivity index (χ2n) is 2.63. The highest BCUT2D eigenvalue weighted by Crippen LogP contribution is 2.30. The maximum atomic E-state index is 10.9. The molecule has 0 radical (unpaired) electrons. The molecule has 0 spiro atoms. The summed E-state index contributed by atoms with van der Waals surface area (Å²) in [6, 6.07) is 0. The molecule has 2 nitrogen and oxygen atoms in total. The highest BCUT2D eigenvalue weighted by molar-refractivity contribution is 5.83. The fourth-order valence-corrected chi connectivity index (χ4v) is 0.886. The second-order valence-corrected chi connectivity index (χ2v) is 2.63. The van der Waals surface area contributed by atoms with Gasteiger partial charge in [-0.3, -0.25) is 4.79 Å². The molecular formula is C7H13NO. The van der Waals surface area contributed by atoms with Crippen molar-refractivity contribution in [1.29, 1.82) is 0 Å². The number of nitrogens with two attached hydrogens (primary N) is 1. The number of Topliss-reactive ketones (excluding diaryl/α,β-unsaturated/α-hetero) is 1. The van der Waals surface area contributed by atoms with E-state index in [1.807, 2.05) is 0 Å². The lowest BCUT2D eigenvalue weighted by Gasteiger charge is -1.93. The summed E-state index contributed by atoms with van der Waals surface area (Å²) in [5, 5.41) is 0. The number of carbonyl (C=O) groups excluding carboxylic acids is 1. The van der Waals surface area contributed by atoms with Gasteiger partial charge in [0.05, 0.1) is 0 Å². The van der Waals surface area contributed by atoms with E-state index in [0.717, 1.165) is 19.3 Å². The first-order valence-corrected chi connectivity index (χ1v) is 3.57. The van der Waals surface area contributed by atoms with Crippen LogP contribution in [-0.2, 0) is 4.79 Å². The molecule has 0 atom stereocenters. The van der Waals surface area contributed by atoms with Crippen LogP contribution in [0.2, 0.25) is 0 Å². The summed E-state index contributed by atoms with van der Waals surface area (Å²) >= 11 is 0. The fourth-order valence-electron chi connectivity index (χ4n) is 0.886. The van der Waals surface area contributed by atoms with Crippen molar-refractivity contribution in [2.75, 3.05) is 6.54 Å². The molecule has 0 bridgehead atoms. The number of hydrogen-bond donors (Lipinski definition) is 1. The van der Waals surface area contributed by atoms with E-state index >= 15 is 0 Å². The summed E-state index contributed by atoms with van der Waals surface area (Å²) in [7, 11) is 0. The van der Waals surface area contributed by atoms with Gasteiger partial charge in [-0.15, -0.1) is 0 Å². The summed E-state index contributed by atoms with van der Waals surface area (Å²) < 4.78 is 0. The van der Waals surface area contributed by atoms with Gasteiger partial charge >= 0.3 is 0 Å². The highest BCUT2D eigenvalue weighted by Gasteiger charge is 2.28. The van der Waals surface area contributed by atoms with Crippen molar-refractivity contribution >= 4 is 5.78 Å². The Labute approximate surface area is 55.4 Å². The third-order valence-electron chi connectivity index (χ3n) is 1.66. The van der Waals surface area contributed by atoms with Crippen LogP contribution in [0.25, 0.3) is 0 Å². The molecule has 0 aromatic rings. The minimum atomic E-state index is 0.427. The fraction of sp³-hybridized carbons (Fsp3) is 0.857. The Morgan fingerprint density at radius 3 is 2.67 bits per heavy atom. The maximum Gasteiger partial charge on any atom is 0.136 e. The van der Waals surface area contributed by atoms with Crippen LogP contribution in [-0.4, -0.2) is 12.3 Å². The van der Waals surface area contributed by atoms with Gasteiger partial charge in [-0.05, 0) is 25.8 Å². The van der Waals surface area contributed by atoms with Crippen LogP contribution in [0.3, 0.4) is 0 Å². The van der Waals surface area contributed by atoms with Crippen LogP contribution in [0.15, 0.2) is 0 Å². The zero-order valence-corrected chi connectivity index (χ0v) is 5.60. The number of hydrogen-bond acceptors (Lipinski definition) is 2. The predicted molar refractivity (Wildman–Crippen MR) is 36.0 cm³/mol. The summed E-state index contributed by atoms with van der Waals surface area (Å²) in [5.74, 6) is 0.858.